The Kier molecular flexibility index (Phi) is 4.49. The van der Waals surface area contributed by atoms with Gasteiger partial charge in [-0.1, -0.05) is 18.6 Å². The van der Waals surface area contributed by atoms with Crippen LogP contribution in [0.15, 0.2) is 12.4 Å². The standard InChI is InChI=1S/C13H19N5O2/c1-4-6-8-18-11(12-14-7-9-17(12)3)10(15-16-18)13(19)20-5-2/h7,9H,4-6,8H2,1-3H3. The number of hydrogen-bond donors (Lipinski definition) is 0. The van der Waals surface area contributed by atoms with Gasteiger partial charge in [0, 0.05) is 26.0 Å². The predicted molar refractivity (Wildman–Crippen MR) is 73.1 cm³/mol. The van der Waals surface area contributed by atoms with E-state index in [1.807, 2.05) is 17.8 Å². The number of nitrogens with zero attached hydrogens (tertiary/aromatic N) is 5. The van der Waals surface area contributed by atoms with Crippen LogP contribution in [0.2, 0.25) is 0 Å². The molecular formula is C13H19N5O2. The second kappa shape index (κ2) is 6.31. The van der Waals surface area contributed by atoms with E-state index in [4.69, 9.17) is 4.74 Å². The van der Waals surface area contributed by atoms with Crippen LogP contribution in [-0.4, -0.2) is 37.1 Å². The molecule has 0 aromatic carbocycles. The smallest absolute Gasteiger partial charge is 0.361 e. The lowest BCUT2D eigenvalue weighted by Crippen LogP contribution is -2.10. The Balaban J connectivity index is 2.45. The monoisotopic (exact) mass is 277 g/mol. The third-order valence-electron chi connectivity index (χ3n) is 2.96. The van der Waals surface area contributed by atoms with Crippen LogP contribution in [0.1, 0.15) is 37.2 Å². The molecule has 20 heavy (non-hydrogen) atoms. The number of carbonyl (C=O) groups is 1. The average molecular weight is 277 g/mol. The first-order chi connectivity index (χ1) is 9.69. The van der Waals surface area contributed by atoms with Crippen molar-refractivity contribution in [2.45, 2.75) is 33.2 Å². The zero-order valence-corrected chi connectivity index (χ0v) is 12.0. The van der Waals surface area contributed by atoms with E-state index in [9.17, 15) is 4.79 Å². The average Bonchev–Trinajstić information content (AvgIpc) is 3.02. The lowest BCUT2D eigenvalue weighted by molar-refractivity contribution is 0.0520. The molecule has 0 saturated heterocycles. The van der Waals surface area contributed by atoms with Crippen LogP contribution < -0.4 is 0 Å². The largest absolute Gasteiger partial charge is 0.461 e. The van der Waals surface area contributed by atoms with Gasteiger partial charge in [0.05, 0.1) is 6.61 Å². The van der Waals surface area contributed by atoms with Crippen LogP contribution in [0.3, 0.4) is 0 Å². The number of rotatable bonds is 6. The molecule has 0 amide bonds. The lowest BCUT2D eigenvalue weighted by Gasteiger charge is -2.07. The van der Waals surface area contributed by atoms with E-state index in [0.717, 1.165) is 12.8 Å². The van der Waals surface area contributed by atoms with Gasteiger partial charge in [0.15, 0.2) is 5.82 Å². The van der Waals surface area contributed by atoms with Crippen molar-refractivity contribution in [2.24, 2.45) is 7.05 Å². The molecule has 2 aromatic heterocycles. The lowest BCUT2D eigenvalue weighted by atomic mass is 10.2. The van der Waals surface area contributed by atoms with E-state index in [0.29, 0.717) is 24.7 Å². The molecule has 2 rings (SSSR count). The predicted octanol–water partition coefficient (Wildman–Crippen LogP) is 1.66. The van der Waals surface area contributed by atoms with Crippen LogP contribution >= 0.6 is 0 Å². The third-order valence-corrected chi connectivity index (χ3v) is 2.96. The van der Waals surface area contributed by atoms with Crippen LogP contribution in [0.5, 0.6) is 0 Å². The minimum absolute atomic E-state index is 0.220. The highest BCUT2D eigenvalue weighted by atomic mass is 16.5. The van der Waals surface area contributed by atoms with Gasteiger partial charge in [-0.2, -0.15) is 0 Å². The maximum atomic E-state index is 12.0. The number of ether oxygens (including phenoxy) is 1. The minimum atomic E-state index is -0.465. The van der Waals surface area contributed by atoms with Crippen molar-refractivity contribution >= 4 is 5.97 Å². The van der Waals surface area contributed by atoms with E-state index in [1.165, 1.54) is 0 Å². The molecule has 0 aliphatic rings. The molecular weight excluding hydrogens is 258 g/mol. The normalized spacial score (nSPS) is 10.8. The molecule has 0 aliphatic carbocycles. The molecule has 0 unspecified atom stereocenters. The topological polar surface area (TPSA) is 74.8 Å². The van der Waals surface area contributed by atoms with Crippen molar-refractivity contribution in [3.8, 4) is 11.5 Å². The molecule has 0 saturated carbocycles. The molecule has 0 N–H and O–H groups in total. The molecule has 0 spiro atoms. The zero-order valence-electron chi connectivity index (χ0n) is 12.0. The number of unbranched alkanes of at least 4 members (excludes halogenated alkanes) is 1. The molecule has 108 valence electrons. The highest BCUT2D eigenvalue weighted by Crippen LogP contribution is 2.21. The van der Waals surface area contributed by atoms with E-state index >= 15 is 0 Å². The fraction of sp³-hybridized carbons (Fsp3) is 0.538. The zero-order chi connectivity index (χ0) is 14.5. The number of esters is 1. The minimum Gasteiger partial charge on any atom is -0.461 e. The van der Waals surface area contributed by atoms with Crippen molar-refractivity contribution < 1.29 is 9.53 Å². The third kappa shape index (κ3) is 2.71. The molecule has 0 radical (unpaired) electrons. The van der Waals surface area contributed by atoms with Gasteiger partial charge in [-0.25, -0.2) is 14.5 Å². The molecule has 7 heteroatoms. The first-order valence-electron chi connectivity index (χ1n) is 6.77. The molecule has 0 fully saturated rings. The van der Waals surface area contributed by atoms with E-state index in [1.54, 1.807) is 17.8 Å². The Morgan fingerprint density at radius 1 is 1.40 bits per heavy atom. The SMILES string of the molecule is CCCCn1nnc(C(=O)OCC)c1-c1nccn1C. The van der Waals surface area contributed by atoms with Crippen molar-refractivity contribution in [3.05, 3.63) is 18.1 Å². The summed E-state index contributed by atoms with van der Waals surface area (Å²) in [5.74, 6) is 0.197. The summed E-state index contributed by atoms with van der Waals surface area (Å²) in [5.41, 5.74) is 0.835. The van der Waals surface area contributed by atoms with Gasteiger partial charge in [-0.3, -0.25) is 0 Å². The summed E-state index contributed by atoms with van der Waals surface area (Å²) in [6, 6.07) is 0. The highest BCUT2D eigenvalue weighted by molar-refractivity contribution is 5.93. The second-order valence-electron chi connectivity index (χ2n) is 4.45. The molecule has 0 aliphatic heterocycles. The van der Waals surface area contributed by atoms with Gasteiger partial charge in [0.1, 0.15) is 5.69 Å². The van der Waals surface area contributed by atoms with E-state index in [-0.39, 0.29) is 5.69 Å². The Morgan fingerprint density at radius 2 is 2.20 bits per heavy atom. The van der Waals surface area contributed by atoms with Gasteiger partial charge < -0.3 is 9.30 Å². The highest BCUT2D eigenvalue weighted by Gasteiger charge is 2.24. The Labute approximate surface area is 117 Å². The van der Waals surface area contributed by atoms with Gasteiger partial charge >= 0.3 is 5.97 Å². The van der Waals surface area contributed by atoms with Crippen LogP contribution in [0.25, 0.3) is 11.5 Å². The first-order valence-corrected chi connectivity index (χ1v) is 6.77. The maximum Gasteiger partial charge on any atom is 0.361 e. The summed E-state index contributed by atoms with van der Waals surface area (Å²) in [6.45, 7) is 4.87. The molecule has 0 atom stereocenters. The van der Waals surface area contributed by atoms with Crippen molar-refractivity contribution in [1.29, 1.82) is 0 Å². The van der Waals surface area contributed by atoms with Gasteiger partial charge in [-0.05, 0) is 13.3 Å². The molecule has 7 nitrogen and oxygen atoms in total. The number of carbonyl (C=O) groups excluding carboxylic acids is 1. The quantitative estimate of drug-likeness (QED) is 0.751. The first kappa shape index (κ1) is 14.2. The number of aromatic nitrogens is 5. The fourth-order valence-corrected chi connectivity index (χ4v) is 1.93. The van der Waals surface area contributed by atoms with E-state index in [2.05, 4.69) is 22.2 Å². The van der Waals surface area contributed by atoms with Gasteiger partial charge in [-0.15, -0.1) is 5.10 Å². The molecule has 2 aromatic rings. The summed E-state index contributed by atoms with van der Waals surface area (Å²) >= 11 is 0. The number of aryl methyl sites for hydroxylation is 2. The summed E-state index contributed by atoms with van der Waals surface area (Å²) in [6.07, 6.45) is 5.50. The van der Waals surface area contributed by atoms with Crippen LogP contribution in [0.4, 0.5) is 0 Å². The number of imidazole rings is 1. The summed E-state index contributed by atoms with van der Waals surface area (Å²) < 4.78 is 8.59. The van der Waals surface area contributed by atoms with Crippen LogP contribution in [0, 0.1) is 0 Å². The van der Waals surface area contributed by atoms with Gasteiger partial charge in [0.25, 0.3) is 0 Å². The van der Waals surface area contributed by atoms with Crippen LogP contribution in [-0.2, 0) is 18.3 Å². The summed E-state index contributed by atoms with van der Waals surface area (Å²) in [5, 5.41) is 8.04. The van der Waals surface area contributed by atoms with E-state index < -0.39 is 5.97 Å². The Bertz CT molecular complexity index is 587. The van der Waals surface area contributed by atoms with Crippen molar-refractivity contribution in [1.82, 2.24) is 24.5 Å². The molecule has 2 heterocycles. The Hall–Kier alpha value is -2.18. The molecule has 0 bridgehead atoms. The van der Waals surface area contributed by atoms with Crippen molar-refractivity contribution in [3.63, 3.8) is 0 Å². The maximum absolute atomic E-state index is 12.0. The summed E-state index contributed by atoms with van der Waals surface area (Å²) in [4.78, 5) is 16.3. The van der Waals surface area contributed by atoms with Crippen molar-refractivity contribution in [2.75, 3.05) is 6.61 Å². The second-order valence-corrected chi connectivity index (χ2v) is 4.45. The fourth-order valence-electron chi connectivity index (χ4n) is 1.93. The number of hydrogen-bond acceptors (Lipinski definition) is 5. The Morgan fingerprint density at radius 3 is 2.80 bits per heavy atom. The van der Waals surface area contributed by atoms with Gasteiger partial charge in [0.2, 0.25) is 5.69 Å². The summed E-state index contributed by atoms with van der Waals surface area (Å²) in [7, 11) is 1.87.